The van der Waals surface area contributed by atoms with Crippen molar-refractivity contribution < 1.29 is 4.74 Å². The number of piperidine rings is 2. The van der Waals surface area contributed by atoms with Gasteiger partial charge in [-0.1, -0.05) is 30.3 Å². The lowest BCUT2D eigenvalue weighted by molar-refractivity contribution is 0.122. The van der Waals surface area contributed by atoms with Crippen molar-refractivity contribution in [2.45, 2.75) is 25.3 Å². The quantitative estimate of drug-likeness (QED) is 0.906. The number of aromatic nitrogens is 1. The molecule has 3 heterocycles. The Kier molecular flexibility index (Phi) is 3.14. The number of ether oxygens (including phenoxy) is 1. The summed E-state index contributed by atoms with van der Waals surface area (Å²) in [6.45, 7) is 4.25. The Morgan fingerprint density at radius 1 is 1.11 bits per heavy atom. The number of aromatic amines is 1. The van der Waals surface area contributed by atoms with E-state index in [1.807, 2.05) is 0 Å². The summed E-state index contributed by atoms with van der Waals surface area (Å²) in [6.07, 6.45) is 3.81. The molecule has 0 amide bonds. The van der Waals surface area contributed by atoms with Crippen molar-refractivity contribution in [3.8, 4) is 0 Å². The Bertz CT molecular complexity index is 926. The molecule has 4 aliphatic rings. The van der Waals surface area contributed by atoms with Gasteiger partial charge in [-0.25, -0.2) is 0 Å². The van der Waals surface area contributed by atoms with Crippen LogP contribution in [0, 0.1) is 10.8 Å². The third-order valence-electron chi connectivity index (χ3n) is 7.37. The van der Waals surface area contributed by atoms with Gasteiger partial charge < -0.3 is 19.5 Å². The smallest absolute Gasteiger partial charge is 0.251 e. The van der Waals surface area contributed by atoms with Gasteiger partial charge in [-0.3, -0.25) is 4.79 Å². The third kappa shape index (κ3) is 2.30. The lowest BCUT2D eigenvalue weighted by Crippen LogP contribution is -2.42. The summed E-state index contributed by atoms with van der Waals surface area (Å²) < 4.78 is 5.46. The highest BCUT2D eigenvalue weighted by Crippen LogP contribution is 2.91. The molecule has 1 aromatic heterocycles. The molecule has 6 rings (SSSR count). The fraction of sp³-hybridized carbons (Fsp3) is 0.500. The van der Waals surface area contributed by atoms with Crippen LogP contribution in [-0.2, 0) is 11.2 Å². The number of benzene rings is 1. The number of rotatable bonds is 4. The lowest BCUT2D eigenvalue weighted by atomic mass is 9.94. The maximum Gasteiger partial charge on any atom is 0.251 e. The van der Waals surface area contributed by atoms with Gasteiger partial charge in [0.05, 0.1) is 13.2 Å². The first-order chi connectivity index (χ1) is 13.2. The Morgan fingerprint density at radius 2 is 1.89 bits per heavy atom. The van der Waals surface area contributed by atoms with Crippen LogP contribution in [0.3, 0.4) is 0 Å². The average molecular weight is 363 g/mol. The first-order valence-electron chi connectivity index (χ1n) is 10.1. The second-order valence-corrected chi connectivity index (χ2v) is 8.81. The van der Waals surface area contributed by atoms with E-state index >= 15 is 0 Å². The van der Waals surface area contributed by atoms with E-state index in [9.17, 15) is 4.79 Å². The van der Waals surface area contributed by atoms with Crippen LogP contribution in [0.25, 0.3) is 0 Å². The number of pyridine rings is 1. The largest absolute Gasteiger partial charge is 0.378 e. The molecule has 5 nitrogen and oxygen atoms in total. The van der Waals surface area contributed by atoms with E-state index in [0.29, 0.717) is 16.9 Å². The molecule has 2 aliphatic heterocycles. The fourth-order valence-corrected chi connectivity index (χ4v) is 5.73. The van der Waals surface area contributed by atoms with Gasteiger partial charge >= 0.3 is 0 Å². The Hall–Kier alpha value is -2.27. The van der Waals surface area contributed by atoms with E-state index < -0.39 is 0 Å². The first-order valence-corrected chi connectivity index (χ1v) is 10.1. The maximum absolute atomic E-state index is 12.4. The van der Waals surface area contributed by atoms with Crippen LogP contribution in [0.4, 0.5) is 11.5 Å². The highest BCUT2D eigenvalue weighted by atomic mass is 16.5. The number of nitrogens with one attached hydrogen (secondary N) is 1. The minimum atomic E-state index is -0.00306. The van der Waals surface area contributed by atoms with Gasteiger partial charge in [-0.2, -0.15) is 0 Å². The maximum atomic E-state index is 12.4. The summed E-state index contributed by atoms with van der Waals surface area (Å²) >= 11 is 0. The summed E-state index contributed by atoms with van der Waals surface area (Å²) in [7, 11) is 0. The molecule has 140 valence electrons. The SMILES string of the molecule is O=c1cc(N2CCOCC2)cc(N2CC34CC3(C4)[C@@H]2Cc2ccccc2)[nH]1. The zero-order valence-corrected chi connectivity index (χ0v) is 15.5. The normalized spacial score (nSPS) is 33.6. The zero-order valence-electron chi connectivity index (χ0n) is 15.5. The number of hydrogen-bond donors (Lipinski definition) is 1. The van der Waals surface area contributed by atoms with Crippen LogP contribution in [0.15, 0.2) is 47.3 Å². The van der Waals surface area contributed by atoms with E-state index in [4.69, 9.17) is 4.74 Å². The second-order valence-electron chi connectivity index (χ2n) is 8.81. The number of anilines is 2. The topological polar surface area (TPSA) is 48.6 Å². The van der Waals surface area contributed by atoms with Gasteiger partial charge in [0, 0.05) is 43.5 Å². The molecule has 2 aliphatic carbocycles. The van der Waals surface area contributed by atoms with Crippen molar-refractivity contribution in [1.29, 1.82) is 0 Å². The number of nitrogens with zero attached hydrogens (tertiary/aromatic N) is 2. The van der Waals surface area contributed by atoms with E-state index in [1.54, 1.807) is 6.07 Å². The second kappa shape index (κ2) is 5.38. The average Bonchev–Trinajstić information content (AvgIpc) is 3.48. The van der Waals surface area contributed by atoms with Crippen molar-refractivity contribution in [2.75, 3.05) is 42.6 Å². The van der Waals surface area contributed by atoms with Gasteiger partial charge in [0.25, 0.3) is 5.56 Å². The Balaban J connectivity index is 1.33. The zero-order chi connectivity index (χ0) is 18.1. The summed E-state index contributed by atoms with van der Waals surface area (Å²) in [5.74, 6) is 0.996. The molecular formula is C22H25N3O2. The van der Waals surface area contributed by atoms with Crippen LogP contribution in [-0.4, -0.2) is 43.9 Å². The van der Waals surface area contributed by atoms with Crippen LogP contribution >= 0.6 is 0 Å². The van der Waals surface area contributed by atoms with Gasteiger partial charge in [-0.15, -0.1) is 0 Å². The summed E-state index contributed by atoms with van der Waals surface area (Å²) in [4.78, 5) is 20.3. The minimum absolute atomic E-state index is 0.00306. The van der Waals surface area contributed by atoms with Gasteiger partial charge in [0.1, 0.15) is 5.82 Å². The summed E-state index contributed by atoms with van der Waals surface area (Å²) in [6, 6.07) is 15.2. The Labute approximate surface area is 158 Å². The molecule has 5 heteroatoms. The molecule has 0 radical (unpaired) electrons. The highest BCUT2D eigenvalue weighted by Gasteiger charge is 2.89. The minimum Gasteiger partial charge on any atom is -0.378 e. The summed E-state index contributed by atoms with van der Waals surface area (Å²) in [5.41, 5.74) is 3.46. The van der Waals surface area contributed by atoms with E-state index in [2.05, 4.69) is 51.2 Å². The van der Waals surface area contributed by atoms with Gasteiger partial charge in [-0.05, 0) is 35.7 Å². The van der Waals surface area contributed by atoms with Crippen molar-refractivity contribution >= 4 is 11.5 Å². The van der Waals surface area contributed by atoms with E-state index in [-0.39, 0.29) is 5.56 Å². The molecule has 0 spiro atoms. The van der Waals surface area contributed by atoms with Crippen molar-refractivity contribution in [3.63, 3.8) is 0 Å². The predicted molar refractivity (Wildman–Crippen MR) is 105 cm³/mol. The molecule has 1 atom stereocenters. The molecule has 27 heavy (non-hydrogen) atoms. The van der Waals surface area contributed by atoms with Crippen LogP contribution in [0.5, 0.6) is 0 Å². The summed E-state index contributed by atoms with van der Waals surface area (Å²) in [5, 5.41) is 0. The van der Waals surface area contributed by atoms with Crippen LogP contribution in [0.1, 0.15) is 18.4 Å². The molecular weight excluding hydrogens is 338 g/mol. The molecule has 1 N–H and O–H groups in total. The molecule has 2 aromatic rings. The first kappa shape index (κ1) is 15.8. The van der Waals surface area contributed by atoms with Gasteiger partial charge in [0.15, 0.2) is 0 Å². The number of hydrogen-bond acceptors (Lipinski definition) is 4. The Morgan fingerprint density at radius 3 is 2.67 bits per heavy atom. The van der Waals surface area contributed by atoms with E-state index in [1.165, 1.54) is 18.4 Å². The molecule has 2 saturated heterocycles. The standard InChI is InChI=1S/C22H25N3O2/c26-20-12-17(24-6-8-27-9-7-24)11-19(23-20)25-15-21-13-22(21,14-21)18(25)10-16-4-2-1-3-5-16/h1-5,11-12,18H,6-10,13-15H2,(H,23,26)/t18-,21?,22?/m0/s1. The molecule has 1 aromatic carbocycles. The molecule has 2 saturated carbocycles. The fourth-order valence-electron chi connectivity index (χ4n) is 5.73. The third-order valence-corrected chi connectivity index (χ3v) is 7.37. The van der Waals surface area contributed by atoms with Crippen LogP contribution in [0.2, 0.25) is 0 Å². The number of morpholine rings is 1. The van der Waals surface area contributed by atoms with Gasteiger partial charge in [0.2, 0.25) is 0 Å². The highest BCUT2D eigenvalue weighted by molar-refractivity contribution is 5.60. The van der Waals surface area contributed by atoms with Crippen molar-refractivity contribution in [2.24, 2.45) is 10.8 Å². The van der Waals surface area contributed by atoms with Crippen molar-refractivity contribution in [3.05, 3.63) is 58.4 Å². The van der Waals surface area contributed by atoms with Crippen LogP contribution < -0.4 is 15.4 Å². The monoisotopic (exact) mass is 363 g/mol. The molecule has 0 bridgehead atoms. The predicted octanol–water partition coefficient (Wildman–Crippen LogP) is 2.42. The number of H-pyrrole nitrogens is 1. The van der Waals surface area contributed by atoms with E-state index in [0.717, 1.165) is 50.8 Å². The van der Waals surface area contributed by atoms with Crippen molar-refractivity contribution in [1.82, 2.24) is 4.98 Å². The lowest BCUT2D eigenvalue weighted by Gasteiger charge is -2.36. The molecule has 4 fully saturated rings. The molecule has 0 unspecified atom stereocenters.